The molecular formula is C22H23N3O2. The predicted octanol–water partition coefficient (Wildman–Crippen LogP) is 3.86. The maximum atomic E-state index is 12.6. The molecule has 0 atom stereocenters. The summed E-state index contributed by atoms with van der Waals surface area (Å²) in [6, 6.07) is 13.5. The average molecular weight is 361 g/mol. The minimum Gasteiger partial charge on any atom is -0.358 e. The maximum absolute atomic E-state index is 12.6. The van der Waals surface area contributed by atoms with Crippen LogP contribution in [0.5, 0.6) is 0 Å². The van der Waals surface area contributed by atoms with Crippen molar-refractivity contribution in [1.29, 1.82) is 0 Å². The molecule has 2 aromatic carbocycles. The Morgan fingerprint density at radius 2 is 1.81 bits per heavy atom. The Labute approximate surface area is 158 Å². The van der Waals surface area contributed by atoms with Crippen LogP contribution in [0.1, 0.15) is 40.0 Å². The third kappa shape index (κ3) is 3.87. The SMILES string of the molecule is Cc1[nH]c2ccc(C(=O)Nc3ccc(CC(=O)NC4CC4)cc3)cc2c1C. The van der Waals surface area contributed by atoms with Gasteiger partial charge in [0.2, 0.25) is 5.91 Å². The maximum Gasteiger partial charge on any atom is 0.255 e. The predicted molar refractivity (Wildman–Crippen MR) is 107 cm³/mol. The van der Waals surface area contributed by atoms with E-state index in [0.717, 1.165) is 40.6 Å². The molecule has 0 unspecified atom stereocenters. The minimum absolute atomic E-state index is 0.0553. The van der Waals surface area contributed by atoms with Gasteiger partial charge in [-0.25, -0.2) is 0 Å². The second-order valence-electron chi connectivity index (χ2n) is 7.30. The number of hydrogen-bond acceptors (Lipinski definition) is 2. The van der Waals surface area contributed by atoms with Gasteiger partial charge in [-0.1, -0.05) is 12.1 Å². The molecule has 0 bridgehead atoms. The zero-order valence-electron chi connectivity index (χ0n) is 15.6. The Morgan fingerprint density at radius 1 is 1.07 bits per heavy atom. The second kappa shape index (κ2) is 6.91. The molecule has 3 aromatic rings. The van der Waals surface area contributed by atoms with Gasteiger partial charge in [-0.3, -0.25) is 9.59 Å². The summed E-state index contributed by atoms with van der Waals surface area (Å²) in [6.07, 6.45) is 2.54. The first-order chi connectivity index (χ1) is 13.0. The minimum atomic E-state index is -0.144. The highest BCUT2D eigenvalue weighted by Crippen LogP contribution is 2.23. The van der Waals surface area contributed by atoms with Crippen molar-refractivity contribution >= 4 is 28.4 Å². The fourth-order valence-electron chi connectivity index (χ4n) is 3.20. The number of benzene rings is 2. The van der Waals surface area contributed by atoms with Crippen LogP contribution in [0, 0.1) is 13.8 Å². The van der Waals surface area contributed by atoms with Gasteiger partial charge in [0.15, 0.2) is 0 Å². The molecule has 0 aliphatic heterocycles. The Bertz CT molecular complexity index is 1010. The van der Waals surface area contributed by atoms with E-state index in [0.29, 0.717) is 23.7 Å². The number of aromatic amines is 1. The van der Waals surface area contributed by atoms with E-state index in [-0.39, 0.29) is 11.8 Å². The van der Waals surface area contributed by atoms with Crippen molar-refractivity contribution in [1.82, 2.24) is 10.3 Å². The van der Waals surface area contributed by atoms with Gasteiger partial charge >= 0.3 is 0 Å². The van der Waals surface area contributed by atoms with Crippen LogP contribution < -0.4 is 10.6 Å². The first kappa shape index (κ1) is 17.3. The summed E-state index contributed by atoms with van der Waals surface area (Å²) >= 11 is 0. The van der Waals surface area contributed by atoms with E-state index in [1.165, 1.54) is 0 Å². The quantitative estimate of drug-likeness (QED) is 0.646. The van der Waals surface area contributed by atoms with E-state index < -0.39 is 0 Å². The Balaban J connectivity index is 1.43. The number of rotatable bonds is 5. The molecule has 2 amide bonds. The van der Waals surface area contributed by atoms with Gasteiger partial charge in [0.1, 0.15) is 0 Å². The Hall–Kier alpha value is -3.08. The number of aromatic nitrogens is 1. The summed E-state index contributed by atoms with van der Waals surface area (Å²) in [4.78, 5) is 27.8. The molecule has 138 valence electrons. The van der Waals surface area contributed by atoms with E-state index >= 15 is 0 Å². The van der Waals surface area contributed by atoms with Gasteiger partial charge in [-0.05, 0) is 68.1 Å². The van der Waals surface area contributed by atoms with Crippen LogP contribution in [0.3, 0.4) is 0 Å². The van der Waals surface area contributed by atoms with Crippen molar-refractivity contribution in [3.63, 3.8) is 0 Å². The highest BCUT2D eigenvalue weighted by atomic mass is 16.2. The van der Waals surface area contributed by atoms with Crippen molar-refractivity contribution in [2.24, 2.45) is 0 Å². The summed E-state index contributed by atoms with van der Waals surface area (Å²) in [6.45, 7) is 4.08. The highest BCUT2D eigenvalue weighted by Gasteiger charge is 2.23. The summed E-state index contributed by atoms with van der Waals surface area (Å²) < 4.78 is 0. The number of H-pyrrole nitrogens is 1. The number of amides is 2. The summed E-state index contributed by atoms with van der Waals surface area (Å²) in [5, 5.41) is 6.97. The van der Waals surface area contributed by atoms with Gasteiger partial charge in [0.25, 0.3) is 5.91 Å². The standard InChI is InChI=1S/C22H23N3O2/c1-13-14(2)23-20-10-5-16(12-19(13)20)22(27)25-18-6-3-15(4-7-18)11-21(26)24-17-8-9-17/h3-7,10,12,17,23H,8-9,11H2,1-2H3,(H,24,26)(H,25,27). The van der Waals surface area contributed by atoms with Gasteiger partial charge in [-0.2, -0.15) is 0 Å². The van der Waals surface area contributed by atoms with Crippen LogP contribution in [-0.2, 0) is 11.2 Å². The normalized spacial score (nSPS) is 13.6. The summed E-state index contributed by atoms with van der Waals surface area (Å²) in [7, 11) is 0. The lowest BCUT2D eigenvalue weighted by Gasteiger charge is -2.08. The van der Waals surface area contributed by atoms with Crippen molar-refractivity contribution in [3.8, 4) is 0 Å². The molecule has 5 heteroatoms. The zero-order chi connectivity index (χ0) is 19.0. The first-order valence-corrected chi connectivity index (χ1v) is 9.28. The third-order valence-electron chi connectivity index (χ3n) is 5.09. The van der Waals surface area contributed by atoms with Crippen molar-refractivity contribution < 1.29 is 9.59 Å². The molecule has 0 radical (unpaired) electrons. The number of aryl methyl sites for hydroxylation is 2. The van der Waals surface area contributed by atoms with Gasteiger partial charge < -0.3 is 15.6 Å². The highest BCUT2D eigenvalue weighted by molar-refractivity contribution is 6.06. The first-order valence-electron chi connectivity index (χ1n) is 9.28. The van der Waals surface area contributed by atoms with Crippen molar-refractivity contribution in [3.05, 3.63) is 64.8 Å². The van der Waals surface area contributed by atoms with Crippen LogP contribution in [0.25, 0.3) is 10.9 Å². The van der Waals surface area contributed by atoms with Crippen molar-refractivity contribution in [2.75, 3.05) is 5.32 Å². The molecule has 1 aliphatic rings. The van der Waals surface area contributed by atoms with E-state index in [4.69, 9.17) is 0 Å². The number of nitrogens with one attached hydrogen (secondary N) is 3. The van der Waals surface area contributed by atoms with Crippen LogP contribution in [0.15, 0.2) is 42.5 Å². The van der Waals surface area contributed by atoms with E-state index in [2.05, 4.69) is 15.6 Å². The van der Waals surface area contributed by atoms with Crippen molar-refractivity contribution in [2.45, 2.75) is 39.2 Å². The van der Waals surface area contributed by atoms with Gasteiger partial charge in [-0.15, -0.1) is 0 Å². The number of hydrogen-bond donors (Lipinski definition) is 3. The van der Waals surface area contributed by atoms with Crippen LogP contribution >= 0.6 is 0 Å². The molecular weight excluding hydrogens is 338 g/mol. The third-order valence-corrected chi connectivity index (χ3v) is 5.09. The molecule has 1 fully saturated rings. The monoisotopic (exact) mass is 361 g/mol. The van der Waals surface area contributed by atoms with Crippen LogP contribution in [0.4, 0.5) is 5.69 Å². The summed E-state index contributed by atoms with van der Waals surface area (Å²) in [5.74, 6) is -0.0888. The van der Waals surface area contributed by atoms with E-state index in [9.17, 15) is 9.59 Å². The summed E-state index contributed by atoms with van der Waals surface area (Å²) in [5.41, 5.74) is 5.59. The lowest BCUT2D eigenvalue weighted by Crippen LogP contribution is -2.26. The van der Waals surface area contributed by atoms with Gasteiger partial charge in [0, 0.05) is 33.9 Å². The lowest BCUT2D eigenvalue weighted by atomic mass is 10.1. The molecule has 1 saturated carbocycles. The fraction of sp³-hybridized carbons (Fsp3) is 0.273. The number of carbonyl (C=O) groups excluding carboxylic acids is 2. The molecule has 5 nitrogen and oxygen atoms in total. The fourth-order valence-corrected chi connectivity index (χ4v) is 3.20. The molecule has 1 heterocycles. The molecule has 3 N–H and O–H groups in total. The van der Waals surface area contributed by atoms with Crippen LogP contribution in [-0.4, -0.2) is 22.8 Å². The Kier molecular flexibility index (Phi) is 4.44. The lowest BCUT2D eigenvalue weighted by molar-refractivity contribution is -0.120. The van der Waals surface area contributed by atoms with Gasteiger partial charge in [0.05, 0.1) is 6.42 Å². The molecule has 0 saturated heterocycles. The molecule has 4 rings (SSSR count). The number of carbonyl (C=O) groups is 2. The smallest absolute Gasteiger partial charge is 0.255 e. The largest absolute Gasteiger partial charge is 0.358 e. The molecule has 0 spiro atoms. The number of anilines is 1. The van der Waals surface area contributed by atoms with E-state index in [1.54, 1.807) is 0 Å². The van der Waals surface area contributed by atoms with Crippen LogP contribution in [0.2, 0.25) is 0 Å². The Morgan fingerprint density at radius 3 is 2.52 bits per heavy atom. The van der Waals surface area contributed by atoms with E-state index in [1.807, 2.05) is 56.3 Å². The molecule has 1 aliphatic carbocycles. The zero-order valence-corrected chi connectivity index (χ0v) is 15.6. The molecule has 27 heavy (non-hydrogen) atoms. The second-order valence-corrected chi connectivity index (χ2v) is 7.30. The number of fused-ring (bicyclic) bond motifs is 1. The topological polar surface area (TPSA) is 74.0 Å². The average Bonchev–Trinajstić information content (AvgIpc) is 3.41. The molecule has 1 aromatic heterocycles.